The number of hydrogen-bond acceptors (Lipinski definition) is 7. The molecule has 1 fully saturated rings. The number of nitrogens with one attached hydrogen (secondary N) is 2. The summed E-state index contributed by atoms with van der Waals surface area (Å²) in [6, 6.07) is 15.4. The zero-order valence-corrected chi connectivity index (χ0v) is 21.5. The van der Waals surface area contributed by atoms with E-state index in [0.717, 1.165) is 60.9 Å². The molecule has 0 spiro atoms. The predicted molar refractivity (Wildman–Crippen MR) is 146 cm³/mol. The molecule has 9 nitrogen and oxygen atoms in total. The monoisotopic (exact) mass is 496 g/mol. The van der Waals surface area contributed by atoms with Crippen LogP contribution in [0.25, 0.3) is 11.3 Å². The highest BCUT2D eigenvalue weighted by Gasteiger charge is 2.14. The summed E-state index contributed by atoms with van der Waals surface area (Å²) in [4.78, 5) is 26.7. The van der Waals surface area contributed by atoms with Crippen molar-refractivity contribution in [2.75, 3.05) is 43.9 Å². The Morgan fingerprint density at radius 3 is 2.49 bits per heavy atom. The summed E-state index contributed by atoms with van der Waals surface area (Å²) in [5.74, 6) is 0.340. The van der Waals surface area contributed by atoms with Crippen LogP contribution in [0.2, 0.25) is 0 Å². The normalized spacial score (nSPS) is 14.5. The molecule has 0 radical (unpaired) electrons. The Hall–Kier alpha value is -4.08. The number of aromatic nitrogens is 4. The van der Waals surface area contributed by atoms with Gasteiger partial charge in [0.25, 0.3) is 5.91 Å². The van der Waals surface area contributed by atoms with Gasteiger partial charge in [-0.15, -0.1) is 0 Å². The third-order valence-electron chi connectivity index (χ3n) is 6.54. The number of carbonyl (C=O) groups is 1. The Kier molecular flexibility index (Phi) is 7.25. The lowest BCUT2D eigenvalue weighted by molar-refractivity contribution is 0.102. The van der Waals surface area contributed by atoms with Gasteiger partial charge in [-0.25, -0.2) is 9.97 Å². The molecular weight excluding hydrogens is 464 g/mol. The Labute approximate surface area is 217 Å². The van der Waals surface area contributed by atoms with E-state index in [2.05, 4.69) is 54.7 Å². The number of amides is 1. The van der Waals surface area contributed by atoms with Gasteiger partial charge in [-0.1, -0.05) is 12.1 Å². The molecule has 2 aromatic carbocycles. The number of hydrogen-bond donors (Lipinski definition) is 2. The van der Waals surface area contributed by atoms with Crippen molar-refractivity contribution in [3.8, 4) is 11.3 Å². The Balaban J connectivity index is 1.21. The van der Waals surface area contributed by atoms with Crippen molar-refractivity contribution in [2.45, 2.75) is 13.5 Å². The van der Waals surface area contributed by atoms with Crippen LogP contribution in [0.4, 0.5) is 17.3 Å². The molecule has 4 aromatic rings. The standard InChI is InChI=1S/C28H32N8O/c1-20-16-29-28(33-26(20)23-17-30-35(3)19-23)32-24-9-7-22(8-10-24)27(37)31-25-6-4-5-21(15-25)18-36-13-11-34(2)12-14-36/h4-10,15-17,19H,11-14,18H2,1-3H3,(H,31,37)(H,29,32,33). The molecule has 2 N–H and O–H groups in total. The lowest BCUT2D eigenvalue weighted by Crippen LogP contribution is -2.43. The molecule has 5 rings (SSSR count). The van der Waals surface area contributed by atoms with Gasteiger partial charge in [0, 0.05) is 74.7 Å². The van der Waals surface area contributed by atoms with E-state index in [-0.39, 0.29) is 5.91 Å². The van der Waals surface area contributed by atoms with E-state index in [1.807, 2.05) is 44.4 Å². The molecule has 1 amide bonds. The molecule has 1 aliphatic rings. The molecule has 1 aliphatic heterocycles. The summed E-state index contributed by atoms with van der Waals surface area (Å²) in [5.41, 5.74) is 6.11. The summed E-state index contributed by atoms with van der Waals surface area (Å²) in [6.45, 7) is 7.16. The van der Waals surface area contributed by atoms with Gasteiger partial charge in [-0.3, -0.25) is 14.4 Å². The number of benzene rings is 2. The van der Waals surface area contributed by atoms with Gasteiger partial charge in [0.05, 0.1) is 11.9 Å². The second kappa shape index (κ2) is 10.9. The van der Waals surface area contributed by atoms with Gasteiger partial charge in [0.15, 0.2) is 0 Å². The third-order valence-corrected chi connectivity index (χ3v) is 6.54. The van der Waals surface area contributed by atoms with Gasteiger partial charge >= 0.3 is 0 Å². The number of anilines is 3. The maximum absolute atomic E-state index is 12.9. The van der Waals surface area contributed by atoms with E-state index < -0.39 is 0 Å². The van der Waals surface area contributed by atoms with E-state index in [1.54, 1.807) is 29.2 Å². The molecule has 0 unspecified atom stereocenters. The molecule has 0 bridgehead atoms. The summed E-state index contributed by atoms with van der Waals surface area (Å²) in [7, 11) is 4.04. The summed E-state index contributed by atoms with van der Waals surface area (Å²) < 4.78 is 1.75. The van der Waals surface area contributed by atoms with Crippen molar-refractivity contribution in [1.29, 1.82) is 0 Å². The molecular formula is C28H32N8O. The number of nitrogens with zero attached hydrogens (tertiary/aromatic N) is 6. The average molecular weight is 497 g/mol. The maximum atomic E-state index is 12.9. The first-order chi connectivity index (χ1) is 17.9. The molecule has 0 aliphatic carbocycles. The zero-order chi connectivity index (χ0) is 25.8. The molecule has 0 saturated carbocycles. The fourth-order valence-electron chi connectivity index (χ4n) is 4.39. The van der Waals surface area contributed by atoms with Crippen molar-refractivity contribution in [3.63, 3.8) is 0 Å². The summed E-state index contributed by atoms with van der Waals surface area (Å²) >= 11 is 0. The van der Waals surface area contributed by atoms with Crippen LogP contribution in [0.1, 0.15) is 21.5 Å². The van der Waals surface area contributed by atoms with E-state index >= 15 is 0 Å². The SMILES string of the molecule is Cc1cnc(Nc2ccc(C(=O)Nc3cccc(CN4CCN(C)CC4)c3)cc2)nc1-c1cnn(C)c1. The Morgan fingerprint density at radius 1 is 0.973 bits per heavy atom. The quantitative estimate of drug-likeness (QED) is 0.401. The topological polar surface area (TPSA) is 91.2 Å². The second-order valence-corrected chi connectivity index (χ2v) is 9.56. The number of aryl methyl sites for hydroxylation is 2. The average Bonchev–Trinajstić information content (AvgIpc) is 3.33. The molecule has 9 heteroatoms. The number of likely N-dealkylation sites (N-methyl/N-ethyl adjacent to an activating group) is 1. The third kappa shape index (κ3) is 6.19. The summed E-state index contributed by atoms with van der Waals surface area (Å²) in [6.07, 6.45) is 5.50. The first kappa shape index (κ1) is 24.6. The second-order valence-electron chi connectivity index (χ2n) is 9.56. The maximum Gasteiger partial charge on any atom is 0.255 e. The predicted octanol–water partition coefficient (Wildman–Crippen LogP) is 3.93. The van der Waals surface area contributed by atoms with Crippen molar-refractivity contribution >= 4 is 23.2 Å². The molecule has 0 atom stereocenters. The van der Waals surface area contributed by atoms with Gasteiger partial charge in [-0.05, 0) is 61.5 Å². The van der Waals surface area contributed by atoms with Crippen LogP contribution in [0.15, 0.2) is 67.1 Å². The van der Waals surface area contributed by atoms with E-state index in [0.29, 0.717) is 11.5 Å². The first-order valence-corrected chi connectivity index (χ1v) is 12.4. The van der Waals surface area contributed by atoms with Crippen LogP contribution in [0, 0.1) is 6.92 Å². The lowest BCUT2D eigenvalue weighted by Gasteiger charge is -2.32. The molecule has 37 heavy (non-hydrogen) atoms. The number of rotatable bonds is 7. The Bertz CT molecular complexity index is 1370. The van der Waals surface area contributed by atoms with Crippen LogP contribution in [-0.2, 0) is 13.6 Å². The Morgan fingerprint density at radius 2 is 1.76 bits per heavy atom. The minimum atomic E-state index is -0.145. The molecule has 1 saturated heterocycles. The minimum Gasteiger partial charge on any atom is -0.324 e. The van der Waals surface area contributed by atoms with Crippen molar-refractivity contribution in [3.05, 3.63) is 83.8 Å². The fourth-order valence-corrected chi connectivity index (χ4v) is 4.39. The van der Waals surface area contributed by atoms with Gasteiger partial charge in [0.2, 0.25) is 5.95 Å². The van der Waals surface area contributed by atoms with Gasteiger partial charge in [-0.2, -0.15) is 5.10 Å². The van der Waals surface area contributed by atoms with Crippen molar-refractivity contribution < 1.29 is 4.79 Å². The van der Waals surface area contributed by atoms with E-state index in [4.69, 9.17) is 0 Å². The number of carbonyl (C=O) groups excluding carboxylic acids is 1. The summed E-state index contributed by atoms with van der Waals surface area (Å²) in [5, 5.41) is 10.5. The van der Waals surface area contributed by atoms with E-state index in [9.17, 15) is 4.79 Å². The van der Waals surface area contributed by atoms with Crippen molar-refractivity contribution in [1.82, 2.24) is 29.5 Å². The van der Waals surface area contributed by atoms with Gasteiger partial charge in [0.1, 0.15) is 0 Å². The minimum absolute atomic E-state index is 0.145. The van der Waals surface area contributed by atoms with Crippen LogP contribution in [0.3, 0.4) is 0 Å². The largest absolute Gasteiger partial charge is 0.324 e. The highest BCUT2D eigenvalue weighted by molar-refractivity contribution is 6.04. The smallest absolute Gasteiger partial charge is 0.255 e. The molecule has 3 heterocycles. The first-order valence-electron chi connectivity index (χ1n) is 12.4. The number of piperazine rings is 1. The highest BCUT2D eigenvalue weighted by atomic mass is 16.1. The molecule has 190 valence electrons. The van der Waals surface area contributed by atoms with Crippen LogP contribution in [-0.4, -0.2) is 68.7 Å². The van der Waals surface area contributed by atoms with Crippen LogP contribution in [0.5, 0.6) is 0 Å². The van der Waals surface area contributed by atoms with Crippen molar-refractivity contribution in [2.24, 2.45) is 7.05 Å². The van der Waals surface area contributed by atoms with Crippen LogP contribution >= 0.6 is 0 Å². The van der Waals surface area contributed by atoms with Crippen LogP contribution < -0.4 is 10.6 Å². The molecule has 2 aromatic heterocycles. The van der Waals surface area contributed by atoms with E-state index in [1.165, 1.54) is 5.56 Å². The highest BCUT2D eigenvalue weighted by Crippen LogP contribution is 2.23. The lowest BCUT2D eigenvalue weighted by atomic mass is 10.1. The zero-order valence-electron chi connectivity index (χ0n) is 21.5. The van der Waals surface area contributed by atoms with Gasteiger partial charge < -0.3 is 15.5 Å². The fraction of sp³-hybridized carbons (Fsp3) is 0.286.